The molecule has 0 saturated heterocycles. The Hall–Kier alpha value is -2.36. The molecule has 0 saturated carbocycles. The van der Waals surface area contributed by atoms with Crippen molar-refractivity contribution in [2.45, 2.75) is 13.0 Å². The van der Waals surface area contributed by atoms with Crippen molar-refractivity contribution in [2.24, 2.45) is 0 Å². The topological polar surface area (TPSA) is 49.3 Å². The summed E-state index contributed by atoms with van der Waals surface area (Å²) in [6.07, 6.45) is 0. The average Bonchev–Trinajstić information content (AvgIpc) is 2.39. The molecule has 0 bridgehead atoms. The number of carboxylic acid groups (broad SMARTS) is 1. The average molecular weight is 259 g/mol. The zero-order valence-corrected chi connectivity index (χ0v) is 10.4. The van der Waals surface area contributed by atoms with Crippen molar-refractivity contribution >= 4 is 11.7 Å². The number of carbonyl (C=O) groups is 1. The maximum Gasteiger partial charge on any atom is 0.340 e. The number of hydrogen-bond donors (Lipinski definition) is 2. The first kappa shape index (κ1) is 13.1. The molecule has 2 rings (SSSR count). The van der Waals surface area contributed by atoms with Crippen molar-refractivity contribution in [3.8, 4) is 0 Å². The minimum atomic E-state index is -1.28. The molecule has 3 nitrogen and oxygen atoms in total. The fraction of sp³-hybridized carbons (Fsp3) is 0.133. The van der Waals surface area contributed by atoms with E-state index in [1.807, 2.05) is 37.3 Å². The van der Waals surface area contributed by atoms with Gasteiger partial charge in [0.05, 0.1) is 5.69 Å². The number of aromatic carboxylic acids is 1. The Morgan fingerprint density at radius 3 is 2.47 bits per heavy atom. The minimum absolute atomic E-state index is 0.110. The zero-order valence-electron chi connectivity index (χ0n) is 10.4. The summed E-state index contributed by atoms with van der Waals surface area (Å²) >= 11 is 0. The molecule has 19 heavy (non-hydrogen) atoms. The molecule has 0 aliphatic carbocycles. The summed E-state index contributed by atoms with van der Waals surface area (Å²) in [6, 6.07) is 13.6. The summed E-state index contributed by atoms with van der Waals surface area (Å²) in [4.78, 5) is 11.1. The van der Waals surface area contributed by atoms with E-state index < -0.39 is 11.8 Å². The number of rotatable bonds is 4. The van der Waals surface area contributed by atoms with Crippen molar-refractivity contribution in [1.29, 1.82) is 0 Å². The van der Waals surface area contributed by atoms with E-state index in [2.05, 4.69) is 5.32 Å². The van der Waals surface area contributed by atoms with Gasteiger partial charge >= 0.3 is 5.97 Å². The largest absolute Gasteiger partial charge is 0.478 e. The molecule has 0 fully saturated rings. The Kier molecular flexibility index (Phi) is 3.80. The SMILES string of the molecule is CC(Nc1cccc(F)c1C(=O)O)c1ccccc1. The lowest BCUT2D eigenvalue weighted by molar-refractivity contribution is 0.0693. The van der Waals surface area contributed by atoms with Gasteiger partial charge in [0.15, 0.2) is 0 Å². The summed E-state index contributed by atoms with van der Waals surface area (Å²) in [5, 5.41) is 12.1. The molecule has 0 heterocycles. The number of anilines is 1. The van der Waals surface area contributed by atoms with E-state index in [-0.39, 0.29) is 17.3 Å². The van der Waals surface area contributed by atoms with Crippen LogP contribution in [-0.4, -0.2) is 11.1 Å². The molecular formula is C15H14FNO2. The van der Waals surface area contributed by atoms with Crippen LogP contribution < -0.4 is 5.32 Å². The number of halogens is 1. The number of hydrogen-bond acceptors (Lipinski definition) is 2. The Balaban J connectivity index is 2.29. The molecule has 0 aliphatic heterocycles. The van der Waals surface area contributed by atoms with E-state index >= 15 is 0 Å². The Bertz CT molecular complexity index is 584. The second-order valence-electron chi connectivity index (χ2n) is 4.24. The molecule has 2 aromatic carbocycles. The maximum absolute atomic E-state index is 13.5. The van der Waals surface area contributed by atoms with Crippen LogP contribution in [0.25, 0.3) is 0 Å². The molecule has 1 unspecified atom stereocenters. The predicted octanol–water partition coefficient (Wildman–Crippen LogP) is 3.70. The zero-order chi connectivity index (χ0) is 13.8. The molecule has 0 aliphatic rings. The van der Waals surface area contributed by atoms with E-state index in [1.54, 1.807) is 6.07 Å². The lowest BCUT2D eigenvalue weighted by atomic mass is 10.1. The van der Waals surface area contributed by atoms with Crippen molar-refractivity contribution in [2.75, 3.05) is 5.32 Å². The van der Waals surface area contributed by atoms with Crippen molar-refractivity contribution in [1.82, 2.24) is 0 Å². The van der Waals surface area contributed by atoms with Crippen LogP contribution in [0.4, 0.5) is 10.1 Å². The molecule has 98 valence electrons. The van der Waals surface area contributed by atoms with Gasteiger partial charge < -0.3 is 10.4 Å². The summed E-state index contributed by atoms with van der Waals surface area (Å²) in [5.41, 5.74) is 0.956. The van der Waals surface area contributed by atoms with Crippen molar-refractivity contribution in [3.63, 3.8) is 0 Å². The van der Waals surface area contributed by atoms with Crippen LogP contribution in [0.2, 0.25) is 0 Å². The first-order valence-electron chi connectivity index (χ1n) is 5.93. The Morgan fingerprint density at radius 2 is 1.84 bits per heavy atom. The molecule has 0 amide bonds. The van der Waals surface area contributed by atoms with E-state index in [0.29, 0.717) is 0 Å². The van der Waals surface area contributed by atoms with Crippen LogP contribution in [0, 0.1) is 5.82 Å². The van der Waals surface area contributed by atoms with E-state index in [4.69, 9.17) is 5.11 Å². The third kappa shape index (κ3) is 2.91. The van der Waals surface area contributed by atoms with Crippen molar-refractivity contribution < 1.29 is 14.3 Å². The maximum atomic E-state index is 13.5. The predicted molar refractivity (Wildman–Crippen MR) is 71.8 cm³/mol. The van der Waals surface area contributed by atoms with Crippen LogP contribution in [0.5, 0.6) is 0 Å². The standard InChI is InChI=1S/C15H14FNO2/c1-10(11-6-3-2-4-7-11)17-13-9-5-8-12(16)14(13)15(18)19/h2-10,17H,1H3,(H,18,19). The van der Waals surface area contributed by atoms with Gasteiger partial charge in [-0.25, -0.2) is 9.18 Å². The van der Waals surface area contributed by atoms with Gasteiger partial charge in [-0.2, -0.15) is 0 Å². The molecule has 0 spiro atoms. The fourth-order valence-electron chi connectivity index (χ4n) is 1.92. The van der Waals surface area contributed by atoms with Crippen LogP contribution in [0.3, 0.4) is 0 Å². The lowest BCUT2D eigenvalue weighted by Gasteiger charge is -2.17. The molecule has 1 atom stereocenters. The lowest BCUT2D eigenvalue weighted by Crippen LogP contribution is -2.12. The number of nitrogens with one attached hydrogen (secondary N) is 1. The normalized spacial score (nSPS) is 11.9. The van der Waals surface area contributed by atoms with Gasteiger partial charge in [0, 0.05) is 6.04 Å². The van der Waals surface area contributed by atoms with E-state index in [0.717, 1.165) is 11.6 Å². The molecule has 0 radical (unpaired) electrons. The summed E-state index contributed by atoms with van der Waals surface area (Å²) in [5.74, 6) is -2.02. The van der Waals surface area contributed by atoms with Crippen LogP contribution in [-0.2, 0) is 0 Å². The fourth-order valence-corrected chi connectivity index (χ4v) is 1.92. The highest BCUT2D eigenvalue weighted by Crippen LogP contribution is 2.24. The molecule has 0 aromatic heterocycles. The van der Waals surface area contributed by atoms with E-state index in [1.165, 1.54) is 6.07 Å². The van der Waals surface area contributed by atoms with Gasteiger partial charge in [-0.3, -0.25) is 0 Å². The Labute approximate surface area is 110 Å². The quantitative estimate of drug-likeness (QED) is 0.880. The molecule has 2 aromatic rings. The smallest absolute Gasteiger partial charge is 0.340 e. The van der Waals surface area contributed by atoms with Gasteiger partial charge in [-0.1, -0.05) is 36.4 Å². The van der Waals surface area contributed by atoms with Crippen LogP contribution in [0.15, 0.2) is 48.5 Å². The van der Waals surface area contributed by atoms with Gasteiger partial charge in [-0.15, -0.1) is 0 Å². The van der Waals surface area contributed by atoms with Gasteiger partial charge in [-0.05, 0) is 24.6 Å². The highest BCUT2D eigenvalue weighted by Gasteiger charge is 2.17. The minimum Gasteiger partial charge on any atom is -0.478 e. The van der Waals surface area contributed by atoms with Gasteiger partial charge in [0.2, 0.25) is 0 Å². The van der Waals surface area contributed by atoms with Gasteiger partial charge in [0.1, 0.15) is 11.4 Å². The molecule has 4 heteroatoms. The van der Waals surface area contributed by atoms with Crippen LogP contribution >= 0.6 is 0 Å². The third-order valence-electron chi connectivity index (χ3n) is 2.90. The van der Waals surface area contributed by atoms with E-state index in [9.17, 15) is 9.18 Å². The molecule has 2 N–H and O–H groups in total. The number of carboxylic acids is 1. The van der Waals surface area contributed by atoms with Crippen molar-refractivity contribution in [3.05, 3.63) is 65.5 Å². The highest BCUT2D eigenvalue weighted by atomic mass is 19.1. The monoisotopic (exact) mass is 259 g/mol. The second kappa shape index (κ2) is 5.52. The first-order chi connectivity index (χ1) is 9.09. The highest BCUT2D eigenvalue weighted by molar-refractivity contribution is 5.94. The summed E-state index contributed by atoms with van der Waals surface area (Å²) in [6.45, 7) is 1.89. The second-order valence-corrected chi connectivity index (χ2v) is 4.24. The summed E-state index contributed by atoms with van der Waals surface area (Å²) < 4.78 is 13.5. The summed E-state index contributed by atoms with van der Waals surface area (Å²) in [7, 11) is 0. The first-order valence-corrected chi connectivity index (χ1v) is 5.93. The van der Waals surface area contributed by atoms with Crippen LogP contribution in [0.1, 0.15) is 28.9 Å². The number of benzene rings is 2. The van der Waals surface area contributed by atoms with Gasteiger partial charge in [0.25, 0.3) is 0 Å². The Morgan fingerprint density at radius 1 is 1.16 bits per heavy atom. The third-order valence-corrected chi connectivity index (χ3v) is 2.90. The molecular weight excluding hydrogens is 245 g/mol.